The average Bonchev–Trinajstić information content (AvgIpc) is 3.28. The lowest BCUT2D eigenvalue weighted by molar-refractivity contribution is -0.115. The van der Waals surface area contributed by atoms with Gasteiger partial charge in [-0.2, -0.15) is 5.10 Å². The minimum Gasteiger partial charge on any atom is -0.323 e. The number of nitrogens with one attached hydrogen (secondary N) is 1. The number of benzene rings is 3. The first-order valence-corrected chi connectivity index (χ1v) is 10.2. The van der Waals surface area contributed by atoms with E-state index in [1.54, 1.807) is 29.2 Å². The van der Waals surface area contributed by atoms with Crippen LogP contribution >= 0.6 is 23.4 Å². The number of carbonyl (C=O) groups is 1. The van der Waals surface area contributed by atoms with E-state index >= 15 is 0 Å². The second-order valence-electron chi connectivity index (χ2n) is 6.21. The Kier molecular flexibility index (Phi) is 5.93. The number of carbonyl (C=O) groups excluding carboxylic acids is 1. The lowest BCUT2D eigenvalue weighted by atomic mass is 10.1. The molecular formula is C22H17ClN4OS. The van der Waals surface area contributed by atoms with Crippen molar-refractivity contribution in [2.75, 3.05) is 5.32 Å². The maximum atomic E-state index is 13.3. The molecule has 0 aliphatic rings. The summed E-state index contributed by atoms with van der Waals surface area (Å²) < 4.78 is 1.59. The van der Waals surface area contributed by atoms with Crippen LogP contribution in [0.15, 0.2) is 96.4 Å². The zero-order valence-corrected chi connectivity index (χ0v) is 16.8. The first kappa shape index (κ1) is 19.2. The summed E-state index contributed by atoms with van der Waals surface area (Å²) in [4.78, 5) is 18.3. The molecule has 3 aromatic carbocycles. The van der Waals surface area contributed by atoms with Crippen LogP contribution in [-0.4, -0.2) is 20.7 Å². The van der Waals surface area contributed by atoms with Crippen LogP contribution in [0.25, 0.3) is 5.69 Å². The largest absolute Gasteiger partial charge is 0.323 e. The summed E-state index contributed by atoms with van der Waals surface area (Å²) in [6.45, 7) is 0. The number of hydrogen-bond donors (Lipinski definition) is 1. The van der Waals surface area contributed by atoms with Crippen LogP contribution in [0.5, 0.6) is 0 Å². The monoisotopic (exact) mass is 420 g/mol. The molecule has 4 aromatic rings. The Labute approximate surface area is 177 Å². The molecule has 0 aliphatic heterocycles. The van der Waals surface area contributed by atoms with E-state index in [1.165, 1.54) is 18.1 Å². The van der Waals surface area contributed by atoms with E-state index in [0.29, 0.717) is 16.4 Å². The zero-order valence-electron chi connectivity index (χ0n) is 15.3. The first-order valence-electron chi connectivity index (χ1n) is 8.93. The van der Waals surface area contributed by atoms with E-state index in [-0.39, 0.29) is 5.91 Å². The SMILES string of the molecule is O=C(Nc1cc(Cl)ccc1-n1cncn1)[C@@H](Sc1ccccc1)c1ccccc1. The molecule has 0 aliphatic carbocycles. The molecule has 5 nitrogen and oxygen atoms in total. The van der Waals surface area contributed by atoms with Gasteiger partial charge < -0.3 is 5.32 Å². The number of thioether (sulfide) groups is 1. The third-order valence-electron chi connectivity index (χ3n) is 4.22. The van der Waals surface area contributed by atoms with Gasteiger partial charge >= 0.3 is 0 Å². The summed E-state index contributed by atoms with van der Waals surface area (Å²) in [6, 6.07) is 24.8. The van der Waals surface area contributed by atoms with Crippen molar-refractivity contribution in [1.29, 1.82) is 0 Å². The molecule has 1 N–H and O–H groups in total. The fourth-order valence-corrected chi connectivity index (χ4v) is 4.09. The van der Waals surface area contributed by atoms with E-state index < -0.39 is 5.25 Å². The highest BCUT2D eigenvalue weighted by Crippen LogP contribution is 2.36. The van der Waals surface area contributed by atoms with Gasteiger partial charge in [-0.1, -0.05) is 60.1 Å². The molecule has 0 spiro atoms. The molecule has 0 fully saturated rings. The molecule has 0 radical (unpaired) electrons. The van der Waals surface area contributed by atoms with Gasteiger partial charge in [0, 0.05) is 9.92 Å². The van der Waals surface area contributed by atoms with Gasteiger partial charge in [-0.25, -0.2) is 9.67 Å². The standard InChI is InChI=1S/C22H17ClN4OS/c23-17-11-12-20(27-15-24-14-25-27)19(13-17)26-22(28)21(16-7-3-1-4-8-16)29-18-9-5-2-6-10-18/h1-15,21H,(H,26,28)/t21-/m0/s1. The van der Waals surface area contributed by atoms with Crippen LogP contribution in [0, 0.1) is 0 Å². The maximum absolute atomic E-state index is 13.3. The summed E-state index contributed by atoms with van der Waals surface area (Å²) in [7, 11) is 0. The number of anilines is 1. The topological polar surface area (TPSA) is 59.8 Å². The van der Waals surface area contributed by atoms with Gasteiger partial charge in [-0.05, 0) is 35.9 Å². The van der Waals surface area contributed by atoms with Crippen molar-refractivity contribution in [3.8, 4) is 5.69 Å². The van der Waals surface area contributed by atoms with E-state index in [1.807, 2.05) is 60.7 Å². The first-order chi connectivity index (χ1) is 14.2. The van der Waals surface area contributed by atoms with Crippen LogP contribution < -0.4 is 5.32 Å². The second kappa shape index (κ2) is 8.94. The van der Waals surface area contributed by atoms with Crippen LogP contribution in [0.3, 0.4) is 0 Å². The molecular weight excluding hydrogens is 404 g/mol. The van der Waals surface area contributed by atoms with Gasteiger partial charge in [0.15, 0.2) is 0 Å². The van der Waals surface area contributed by atoms with E-state index in [9.17, 15) is 4.79 Å². The molecule has 1 heterocycles. The minimum absolute atomic E-state index is 0.145. The molecule has 0 bridgehead atoms. The van der Waals surface area contributed by atoms with Crippen LogP contribution in [0.4, 0.5) is 5.69 Å². The number of amides is 1. The Hall–Kier alpha value is -3.09. The molecule has 29 heavy (non-hydrogen) atoms. The Bertz CT molecular complexity index is 1090. The normalized spacial score (nSPS) is 11.8. The molecule has 1 atom stereocenters. The molecule has 1 aromatic heterocycles. The quantitative estimate of drug-likeness (QED) is 0.424. The van der Waals surface area contributed by atoms with Crippen molar-refractivity contribution in [2.24, 2.45) is 0 Å². The highest BCUT2D eigenvalue weighted by atomic mass is 35.5. The molecule has 1 amide bonds. The number of aromatic nitrogens is 3. The minimum atomic E-state index is -0.429. The Morgan fingerprint density at radius 1 is 1.00 bits per heavy atom. The highest BCUT2D eigenvalue weighted by Gasteiger charge is 2.23. The summed E-state index contributed by atoms with van der Waals surface area (Å²) >= 11 is 7.68. The fourth-order valence-electron chi connectivity index (χ4n) is 2.87. The fraction of sp³-hybridized carbons (Fsp3) is 0.0455. The van der Waals surface area contributed by atoms with Crippen molar-refractivity contribution in [2.45, 2.75) is 10.1 Å². The molecule has 0 unspecified atom stereocenters. The summed E-state index contributed by atoms with van der Waals surface area (Å²) in [5, 5.41) is 7.28. The third kappa shape index (κ3) is 4.67. The predicted octanol–water partition coefficient (Wildman–Crippen LogP) is 5.39. The van der Waals surface area contributed by atoms with Crippen LogP contribution in [0.1, 0.15) is 10.8 Å². The van der Waals surface area contributed by atoms with E-state index in [0.717, 1.165) is 10.5 Å². The van der Waals surface area contributed by atoms with E-state index in [2.05, 4.69) is 15.4 Å². The number of hydrogen-bond acceptors (Lipinski definition) is 4. The Morgan fingerprint density at radius 2 is 1.72 bits per heavy atom. The average molecular weight is 421 g/mol. The van der Waals surface area contributed by atoms with Gasteiger partial charge in [0.1, 0.15) is 17.9 Å². The van der Waals surface area contributed by atoms with Crippen molar-refractivity contribution in [3.05, 3.63) is 102 Å². The van der Waals surface area contributed by atoms with Gasteiger partial charge in [-0.15, -0.1) is 11.8 Å². The molecule has 0 saturated heterocycles. The summed E-state index contributed by atoms with van der Waals surface area (Å²) in [5.74, 6) is -0.145. The van der Waals surface area contributed by atoms with Crippen molar-refractivity contribution >= 4 is 35.0 Å². The van der Waals surface area contributed by atoms with Crippen LogP contribution in [-0.2, 0) is 4.79 Å². The molecule has 0 saturated carbocycles. The van der Waals surface area contributed by atoms with Crippen molar-refractivity contribution in [1.82, 2.24) is 14.8 Å². The van der Waals surface area contributed by atoms with Crippen molar-refractivity contribution in [3.63, 3.8) is 0 Å². The number of halogens is 1. The van der Waals surface area contributed by atoms with Crippen LogP contribution in [0.2, 0.25) is 5.02 Å². The third-order valence-corrected chi connectivity index (χ3v) is 5.72. The molecule has 7 heteroatoms. The predicted molar refractivity (Wildman–Crippen MR) is 116 cm³/mol. The highest BCUT2D eigenvalue weighted by molar-refractivity contribution is 8.00. The number of rotatable bonds is 6. The second-order valence-corrected chi connectivity index (χ2v) is 7.83. The Morgan fingerprint density at radius 3 is 2.41 bits per heavy atom. The van der Waals surface area contributed by atoms with E-state index in [4.69, 9.17) is 11.6 Å². The maximum Gasteiger partial charge on any atom is 0.242 e. The van der Waals surface area contributed by atoms with Gasteiger partial charge in [-0.3, -0.25) is 4.79 Å². The van der Waals surface area contributed by atoms with Crippen molar-refractivity contribution < 1.29 is 4.79 Å². The summed E-state index contributed by atoms with van der Waals surface area (Å²) in [6.07, 6.45) is 3.02. The summed E-state index contributed by atoms with van der Waals surface area (Å²) in [5.41, 5.74) is 2.18. The zero-order chi connectivity index (χ0) is 20.1. The molecule has 144 valence electrons. The lowest BCUT2D eigenvalue weighted by Crippen LogP contribution is -2.20. The molecule has 4 rings (SSSR count). The van der Waals surface area contributed by atoms with Gasteiger partial charge in [0.25, 0.3) is 0 Å². The Balaban J connectivity index is 1.66. The lowest BCUT2D eigenvalue weighted by Gasteiger charge is -2.18. The number of nitrogens with zero attached hydrogens (tertiary/aromatic N) is 3. The smallest absolute Gasteiger partial charge is 0.242 e. The van der Waals surface area contributed by atoms with Gasteiger partial charge in [0.05, 0.1) is 11.4 Å². The van der Waals surface area contributed by atoms with Gasteiger partial charge in [0.2, 0.25) is 5.91 Å².